The van der Waals surface area contributed by atoms with Crippen LogP contribution in [0.15, 0.2) is 59.0 Å². The second-order valence-electron chi connectivity index (χ2n) is 5.97. The predicted octanol–water partition coefficient (Wildman–Crippen LogP) is 5.26. The molecule has 2 aromatic heterocycles. The van der Waals surface area contributed by atoms with Gasteiger partial charge >= 0.3 is 0 Å². The van der Waals surface area contributed by atoms with Crippen molar-refractivity contribution in [1.29, 1.82) is 5.41 Å². The monoisotopic (exact) mass is 398 g/mol. The number of nitrogen functional groups attached to an aromatic ring is 1. The summed E-state index contributed by atoms with van der Waals surface area (Å²) in [6, 6.07) is 17.6. The van der Waals surface area contributed by atoms with Crippen molar-refractivity contribution in [2.75, 3.05) is 6.79 Å². The zero-order valence-corrected chi connectivity index (χ0v) is 15.7. The third-order valence-corrected chi connectivity index (χ3v) is 5.49. The van der Waals surface area contributed by atoms with Crippen LogP contribution in [0.3, 0.4) is 0 Å². The Bertz CT molecular complexity index is 1170. The minimum atomic E-state index is 0. The Morgan fingerprint density at radius 2 is 1.78 bits per heavy atom. The molecule has 3 heterocycles. The number of hydrogen-bond donors (Lipinski definition) is 2. The van der Waals surface area contributed by atoms with Crippen molar-refractivity contribution in [1.82, 2.24) is 0 Å². The molecule has 2 aromatic carbocycles. The van der Waals surface area contributed by atoms with Crippen LogP contribution in [0.1, 0.15) is 4.88 Å². The number of halogens is 1. The fourth-order valence-corrected chi connectivity index (χ4v) is 4.05. The minimum absolute atomic E-state index is 0. The second kappa shape index (κ2) is 6.64. The van der Waals surface area contributed by atoms with E-state index >= 15 is 0 Å². The van der Waals surface area contributed by atoms with E-state index in [1.54, 1.807) is 0 Å². The summed E-state index contributed by atoms with van der Waals surface area (Å²) in [5, 5.41) is 8.70. The number of ether oxygens (including phenoxy) is 2. The molecule has 0 saturated carbocycles. The molecule has 0 radical (unpaired) electrons. The fraction of sp³-hybridized carbons (Fsp3) is 0.0500. The Labute approximate surface area is 165 Å². The van der Waals surface area contributed by atoms with Gasteiger partial charge in [-0.1, -0.05) is 12.1 Å². The topological polar surface area (TPSA) is 81.5 Å². The van der Waals surface area contributed by atoms with Crippen LogP contribution in [0.5, 0.6) is 11.5 Å². The lowest BCUT2D eigenvalue weighted by molar-refractivity contribution is 0.174. The summed E-state index contributed by atoms with van der Waals surface area (Å²) in [5.41, 5.74) is 7.56. The summed E-state index contributed by atoms with van der Waals surface area (Å²) in [5.74, 6) is 3.10. The van der Waals surface area contributed by atoms with Crippen molar-refractivity contribution in [3.05, 3.63) is 59.5 Å². The molecule has 0 unspecified atom stereocenters. The van der Waals surface area contributed by atoms with Crippen LogP contribution in [-0.2, 0) is 0 Å². The van der Waals surface area contributed by atoms with Gasteiger partial charge in [-0.25, -0.2) is 0 Å². The smallest absolute Gasteiger partial charge is 0.231 e. The van der Waals surface area contributed by atoms with Gasteiger partial charge in [0.2, 0.25) is 6.79 Å². The molecule has 27 heavy (non-hydrogen) atoms. The van der Waals surface area contributed by atoms with Crippen LogP contribution in [0.2, 0.25) is 0 Å². The molecule has 5 nitrogen and oxygen atoms in total. The molecule has 5 rings (SSSR count). The summed E-state index contributed by atoms with van der Waals surface area (Å²) < 4.78 is 18.0. The highest BCUT2D eigenvalue weighted by Gasteiger charge is 2.17. The number of nitrogens with two attached hydrogens (primary N) is 1. The van der Waals surface area contributed by atoms with Gasteiger partial charge in [0.05, 0.1) is 4.88 Å². The lowest BCUT2D eigenvalue weighted by atomic mass is 10.1. The SMILES string of the molecule is Cl.N=C(N)c1cc2c(-c3ccc(-c4ccc5c(c4)OCO5)o3)cccc2s1. The molecule has 1 aliphatic rings. The van der Waals surface area contributed by atoms with Crippen molar-refractivity contribution in [3.8, 4) is 34.1 Å². The molecule has 0 aliphatic carbocycles. The molecule has 1 aliphatic heterocycles. The van der Waals surface area contributed by atoms with Crippen LogP contribution in [0.4, 0.5) is 0 Å². The molecule has 0 fully saturated rings. The Balaban J connectivity index is 0.00000180. The van der Waals surface area contributed by atoms with Crippen molar-refractivity contribution in [2.45, 2.75) is 0 Å². The summed E-state index contributed by atoms with van der Waals surface area (Å²) >= 11 is 1.51. The number of benzene rings is 2. The lowest BCUT2D eigenvalue weighted by Gasteiger charge is -2.01. The Morgan fingerprint density at radius 3 is 2.63 bits per heavy atom. The number of furan rings is 1. The van der Waals surface area contributed by atoms with Gasteiger partial charge < -0.3 is 19.6 Å². The largest absolute Gasteiger partial charge is 0.456 e. The van der Waals surface area contributed by atoms with E-state index in [-0.39, 0.29) is 25.0 Å². The average molecular weight is 399 g/mol. The first-order valence-electron chi connectivity index (χ1n) is 8.06. The number of thiophene rings is 1. The van der Waals surface area contributed by atoms with Gasteiger partial charge in [-0.05, 0) is 42.5 Å². The lowest BCUT2D eigenvalue weighted by Crippen LogP contribution is -2.08. The molecule has 4 aromatic rings. The number of hydrogen-bond acceptors (Lipinski definition) is 5. The first-order chi connectivity index (χ1) is 12.7. The number of fused-ring (bicyclic) bond motifs is 2. The van der Waals surface area contributed by atoms with Crippen LogP contribution in [0.25, 0.3) is 32.7 Å². The molecule has 0 amide bonds. The number of rotatable bonds is 3. The van der Waals surface area contributed by atoms with E-state index in [0.29, 0.717) is 0 Å². The van der Waals surface area contributed by atoms with E-state index in [0.717, 1.165) is 49.1 Å². The Morgan fingerprint density at radius 1 is 0.963 bits per heavy atom. The maximum atomic E-state index is 7.66. The molecule has 7 heteroatoms. The maximum Gasteiger partial charge on any atom is 0.231 e. The van der Waals surface area contributed by atoms with Gasteiger partial charge in [0.15, 0.2) is 11.5 Å². The third kappa shape index (κ3) is 2.93. The molecule has 0 atom stereocenters. The van der Waals surface area contributed by atoms with E-state index in [1.807, 2.05) is 54.6 Å². The summed E-state index contributed by atoms with van der Waals surface area (Å²) in [6.07, 6.45) is 0. The summed E-state index contributed by atoms with van der Waals surface area (Å²) in [4.78, 5) is 0.759. The molecule has 136 valence electrons. The van der Waals surface area contributed by atoms with Gasteiger partial charge in [0, 0.05) is 21.2 Å². The number of nitrogens with one attached hydrogen (secondary N) is 1. The summed E-state index contributed by atoms with van der Waals surface area (Å²) in [7, 11) is 0. The van der Waals surface area contributed by atoms with Gasteiger partial charge in [0.25, 0.3) is 0 Å². The first kappa shape index (κ1) is 17.5. The van der Waals surface area contributed by atoms with E-state index in [9.17, 15) is 0 Å². The molecular formula is C20H15ClN2O3S. The number of amidine groups is 1. The highest BCUT2D eigenvalue weighted by molar-refractivity contribution is 7.20. The van der Waals surface area contributed by atoms with Crippen LogP contribution >= 0.6 is 23.7 Å². The van der Waals surface area contributed by atoms with Crippen LogP contribution < -0.4 is 15.2 Å². The Kier molecular flexibility index (Phi) is 4.30. The van der Waals surface area contributed by atoms with Crippen LogP contribution in [0, 0.1) is 5.41 Å². The van der Waals surface area contributed by atoms with E-state index in [2.05, 4.69) is 0 Å². The molecule has 3 N–H and O–H groups in total. The first-order valence-corrected chi connectivity index (χ1v) is 8.88. The predicted molar refractivity (Wildman–Crippen MR) is 109 cm³/mol. The standard InChI is InChI=1S/C20H14N2O3S.ClH/c21-20(22)19-9-13-12(2-1-3-18(13)26-19)15-7-6-14(25-15)11-4-5-16-17(8-11)24-10-23-16;/h1-9H,10H2,(H3,21,22);1H. The Hall–Kier alpha value is -2.96. The average Bonchev–Trinajstić information content (AvgIpc) is 3.38. The van der Waals surface area contributed by atoms with Crippen molar-refractivity contribution in [3.63, 3.8) is 0 Å². The zero-order chi connectivity index (χ0) is 17.7. The highest BCUT2D eigenvalue weighted by Crippen LogP contribution is 2.39. The normalized spacial score (nSPS) is 12.1. The van der Waals surface area contributed by atoms with E-state index in [4.69, 9.17) is 25.0 Å². The van der Waals surface area contributed by atoms with Crippen molar-refractivity contribution >= 4 is 39.7 Å². The van der Waals surface area contributed by atoms with E-state index in [1.165, 1.54) is 11.3 Å². The molecule has 0 saturated heterocycles. The van der Waals surface area contributed by atoms with Crippen LogP contribution in [-0.4, -0.2) is 12.6 Å². The minimum Gasteiger partial charge on any atom is -0.456 e. The quantitative estimate of drug-likeness (QED) is 0.364. The third-order valence-electron chi connectivity index (χ3n) is 4.36. The van der Waals surface area contributed by atoms with Gasteiger partial charge in [-0.2, -0.15) is 0 Å². The highest BCUT2D eigenvalue weighted by atomic mass is 35.5. The van der Waals surface area contributed by atoms with Crippen molar-refractivity contribution < 1.29 is 13.9 Å². The molecule has 0 spiro atoms. The zero-order valence-electron chi connectivity index (χ0n) is 14.0. The second-order valence-corrected chi connectivity index (χ2v) is 7.06. The maximum absolute atomic E-state index is 7.66. The van der Waals surface area contributed by atoms with Gasteiger partial charge in [-0.3, -0.25) is 5.41 Å². The molecular weight excluding hydrogens is 384 g/mol. The van der Waals surface area contributed by atoms with Gasteiger partial charge in [-0.15, -0.1) is 23.7 Å². The van der Waals surface area contributed by atoms with Crippen molar-refractivity contribution in [2.24, 2.45) is 5.73 Å². The molecule has 0 bridgehead atoms. The summed E-state index contributed by atoms with van der Waals surface area (Å²) in [6.45, 7) is 0.251. The van der Waals surface area contributed by atoms with Gasteiger partial charge in [0.1, 0.15) is 17.4 Å². The van der Waals surface area contributed by atoms with E-state index < -0.39 is 0 Å². The fourth-order valence-electron chi connectivity index (χ4n) is 3.10.